The van der Waals surface area contributed by atoms with Crippen LogP contribution in [0.15, 0.2) is 36.4 Å². The van der Waals surface area contributed by atoms with Gasteiger partial charge in [0, 0.05) is 11.4 Å². The Morgan fingerprint density at radius 2 is 2.06 bits per heavy atom. The van der Waals surface area contributed by atoms with Crippen molar-refractivity contribution < 1.29 is 4.74 Å². The molecule has 1 nitrogen and oxygen atoms in total. The van der Waals surface area contributed by atoms with Crippen LogP contribution in [0.5, 0.6) is 0 Å². The maximum atomic E-state index is 5.71. The minimum Gasteiger partial charge on any atom is -0.363 e. The second-order valence-electron chi connectivity index (χ2n) is 4.64. The molecule has 1 atom stereocenters. The average Bonchev–Trinajstić information content (AvgIpc) is 2.27. The first-order chi connectivity index (χ1) is 7.66. The quantitative estimate of drug-likeness (QED) is 0.766. The fraction of sp³-hybridized carbons (Fsp3) is 0.429. The number of thioether (sulfide) groups is 1. The predicted molar refractivity (Wildman–Crippen MR) is 71.5 cm³/mol. The molecule has 0 aliphatic carbocycles. The van der Waals surface area contributed by atoms with Gasteiger partial charge in [-0.05, 0) is 18.1 Å². The second-order valence-corrected chi connectivity index (χ2v) is 6.44. The van der Waals surface area contributed by atoms with Gasteiger partial charge < -0.3 is 4.74 Å². The summed E-state index contributed by atoms with van der Waals surface area (Å²) in [6, 6.07) is 10.4. The number of hydrogen-bond acceptors (Lipinski definition) is 2. The highest BCUT2D eigenvalue weighted by Crippen LogP contribution is 2.37. The maximum absolute atomic E-state index is 5.71. The Balaban J connectivity index is 1.97. The zero-order valence-corrected chi connectivity index (χ0v) is 10.7. The molecule has 86 valence electrons. The van der Waals surface area contributed by atoms with Gasteiger partial charge >= 0.3 is 0 Å². The summed E-state index contributed by atoms with van der Waals surface area (Å²) in [7, 11) is 0. The van der Waals surface area contributed by atoms with Crippen molar-refractivity contribution in [2.75, 3.05) is 6.61 Å². The lowest BCUT2D eigenvalue weighted by Crippen LogP contribution is -2.28. The van der Waals surface area contributed by atoms with E-state index in [0.29, 0.717) is 4.75 Å². The molecule has 16 heavy (non-hydrogen) atoms. The topological polar surface area (TPSA) is 9.23 Å². The van der Waals surface area contributed by atoms with Gasteiger partial charge in [0.15, 0.2) is 0 Å². The standard InChI is InChI=1S/C14H18OS/c1-14(2)10-11-15-13(16-14)9-8-12-6-4-3-5-7-12/h3-9,13H,10-11H2,1-2H3/b9-8+. The summed E-state index contributed by atoms with van der Waals surface area (Å²) in [4.78, 5) is 0. The zero-order chi connectivity index (χ0) is 11.4. The van der Waals surface area contributed by atoms with Crippen LogP contribution >= 0.6 is 11.8 Å². The molecule has 1 heterocycles. The van der Waals surface area contributed by atoms with Crippen LogP contribution in [0.3, 0.4) is 0 Å². The Hall–Kier alpha value is -0.730. The van der Waals surface area contributed by atoms with Gasteiger partial charge in [-0.1, -0.05) is 50.3 Å². The van der Waals surface area contributed by atoms with Gasteiger partial charge in [0.1, 0.15) is 5.44 Å². The van der Waals surface area contributed by atoms with Gasteiger partial charge in [-0.3, -0.25) is 0 Å². The fourth-order valence-corrected chi connectivity index (χ4v) is 2.83. The third kappa shape index (κ3) is 3.39. The molecule has 0 aromatic heterocycles. The van der Waals surface area contributed by atoms with Crippen LogP contribution in [0.1, 0.15) is 25.8 Å². The van der Waals surface area contributed by atoms with E-state index in [1.165, 1.54) is 5.56 Å². The maximum Gasteiger partial charge on any atom is 0.122 e. The molecule has 2 rings (SSSR count). The van der Waals surface area contributed by atoms with Crippen LogP contribution < -0.4 is 0 Å². The molecule has 0 spiro atoms. The molecule has 1 aliphatic rings. The van der Waals surface area contributed by atoms with Crippen molar-refractivity contribution in [3.8, 4) is 0 Å². The van der Waals surface area contributed by atoms with Gasteiger partial charge in [0.25, 0.3) is 0 Å². The molecule has 0 amide bonds. The highest BCUT2D eigenvalue weighted by atomic mass is 32.2. The van der Waals surface area contributed by atoms with Crippen LogP contribution in [-0.4, -0.2) is 16.8 Å². The van der Waals surface area contributed by atoms with Crippen LogP contribution in [-0.2, 0) is 4.74 Å². The van der Waals surface area contributed by atoms with E-state index in [0.717, 1.165) is 13.0 Å². The van der Waals surface area contributed by atoms with Crippen LogP contribution in [0.2, 0.25) is 0 Å². The van der Waals surface area contributed by atoms with Crippen molar-refractivity contribution >= 4 is 17.8 Å². The van der Waals surface area contributed by atoms with Gasteiger partial charge in [-0.2, -0.15) is 0 Å². The van der Waals surface area contributed by atoms with Crippen LogP contribution in [0.25, 0.3) is 6.08 Å². The lowest BCUT2D eigenvalue weighted by atomic mass is 10.1. The summed E-state index contributed by atoms with van der Waals surface area (Å²) in [6.45, 7) is 5.43. The van der Waals surface area contributed by atoms with Crippen LogP contribution in [0, 0.1) is 0 Å². The lowest BCUT2D eigenvalue weighted by Gasteiger charge is -2.33. The van der Waals surface area contributed by atoms with E-state index in [9.17, 15) is 0 Å². The monoisotopic (exact) mass is 234 g/mol. The molecule has 1 fully saturated rings. The molecule has 1 aromatic carbocycles. The normalized spacial score (nSPS) is 24.8. The number of hydrogen-bond donors (Lipinski definition) is 0. The average molecular weight is 234 g/mol. The molecular weight excluding hydrogens is 216 g/mol. The van der Waals surface area contributed by atoms with E-state index in [2.05, 4.69) is 50.3 Å². The first kappa shape index (κ1) is 11.7. The highest BCUT2D eigenvalue weighted by Gasteiger charge is 2.27. The SMILES string of the molecule is CC1(C)CCOC(/C=C/c2ccccc2)S1. The van der Waals surface area contributed by atoms with Gasteiger partial charge in [-0.25, -0.2) is 0 Å². The molecule has 0 bridgehead atoms. The van der Waals surface area contributed by atoms with Crippen molar-refractivity contribution in [2.45, 2.75) is 30.5 Å². The highest BCUT2D eigenvalue weighted by molar-refractivity contribution is 8.01. The van der Waals surface area contributed by atoms with Crippen LogP contribution in [0.4, 0.5) is 0 Å². The smallest absolute Gasteiger partial charge is 0.122 e. The molecule has 1 aliphatic heterocycles. The Labute approximate surface area is 102 Å². The molecule has 1 aromatic rings. The third-order valence-electron chi connectivity index (χ3n) is 2.67. The van der Waals surface area contributed by atoms with Crippen molar-refractivity contribution in [1.29, 1.82) is 0 Å². The molecule has 1 saturated heterocycles. The summed E-state index contributed by atoms with van der Waals surface area (Å²) >= 11 is 1.90. The van der Waals surface area contributed by atoms with E-state index in [1.807, 2.05) is 17.8 Å². The van der Waals surface area contributed by atoms with Gasteiger partial charge in [-0.15, -0.1) is 11.8 Å². The first-order valence-corrected chi connectivity index (χ1v) is 6.56. The van der Waals surface area contributed by atoms with E-state index >= 15 is 0 Å². The van der Waals surface area contributed by atoms with E-state index in [1.54, 1.807) is 0 Å². The van der Waals surface area contributed by atoms with E-state index < -0.39 is 0 Å². The van der Waals surface area contributed by atoms with Crippen molar-refractivity contribution in [3.63, 3.8) is 0 Å². The van der Waals surface area contributed by atoms with Gasteiger partial charge in [0.2, 0.25) is 0 Å². The molecule has 0 saturated carbocycles. The summed E-state index contributed by atoms with van der Waals surface area (Å²) in [6.07, 6.45) is 5.42. The summed E-state index contributed by atoms with van der Waals surface area (Å²) < 4.78 is 6.05. The van der Waals surface area contributed by atoms with Crippen molar-refractivity contribution in [3.05, 3.63) is 42.0 Å². The Bertz CT molecular complexity index is 356. The largest absolute Gasteiger partial charge is 0.363 e. The summed E-state index contributed by atoms with van der Waals surface area (Å²) in [5, 5.41) is 0. The van der Waals surface area contributed by atoms with E-state index in [-0.39, 0.29) is 5.44 Å². The minimum absolute atomic E-state index is 0.198. The first-order valence-electron chi connectivity index (χ1n) is 5.68. The molecule has 1 unspecified atom stereocenters. The Kier molecular flexibility index (Phi) is 3.72. The predicted octanol–water partition coefficient (Wildman–Crippen LogP) is 3.96. The molecular formula is C14H18OS. The molecule has 2 heteroatoms. The Morgan fingerprint density at radius 3 is 2.75 bits per heavy atom. The van der Waals surface area contributed by atoms with Crippen molar-refractivity contribution in [1.82, 2.24) is 0 Å². The summed E-state index contributed by atoms with van der Waals surface area (Å²) in [5.41, 5.74) is 1.43. The molecule has 0 N–H and O–H groups in total. The lowest BCUT2D eigenvalue weighted by molar-refractivity contribution is 0.119. The number of rotatable bonds is 2. The van der Waals surface area contributed by atoms with Gasteiger partial charge in [0.05, 0.1) is 0 Å². The van der Waals surface area contributed by atoms with E-state index in [4.69, 9.17) is 4.74 Å². The minimum atomic E-state index is 0.198. The second kappa shape index (κ2) is 5.07. The number of benzene rings is 1. The van der Waals surface area contributed by atoms with Crippen molar-refractivity contribution in [2.24, 2.45) is 0 Å². The number of ether oxygens (including phenoxy) is 1. The fourth-order valence-electron chi connectivity index (χ4n) is 1.68. The summed E-state index contributed by atoms with van der Waals surface area (Å²) in [5.74, 6) is 0. The molecule has 0 radical (unpaired) electrons. The zero-order valence-electron chi connectivity index (χ0n) is 9.85. The Morgan fingerprint density at radius 1 is 1.31 bits per heavy atom. The third-order valence-corrected chi connectivity index (χ3v) is 4.03.